The van der Waals surface area contributed by atoms with Crippen molar-refractivity contribution < 1.29 is 9.59 Å². The van der Waals surface area contributed by atoms with E-state index in [2.05, 4.69) is 5.32 Å². The van der Waals surface area contributed by atoms with E-state index >= 15 is 0 Å². The van der Waals surface area contributed by atoms with Crippen molar-refractivity contribution in [2.75, 3.05) is 0 Å². The van der Waals surface area contributed by atoms with Gasteiger partial charge < -0.3 is 10.2 Å². The van der Waals surface area contributed by atoms with E-state index in [9.17, 15) is 9.59 Å². The predicted octanol–water partition coefficient (Wildman–Crippen LogP) is 5.22. The van der Waals surface area contributed by atoms with Crippen molar-refractivity contribution in [3.05, 3.63) is 69.7 Å². The maximum absolute atomic E-state index is 13.5. The number of rotatable bonds is 7. The van der Waals surface area contributed by atoms with Gasteiger partial charge in [-0.2, -0.15) is 0 Å². The van der Waals surface area contributed by atoms with Gasteiger partial charge in [0.2, 0.25) is 11.8 Å². The molecule has 0 aliphatic rings. The molecule has 0 aliphatic heterocycles. The number of nitrogens with zero attached hydrogens (tertiary/aromatic N) is 1. The Labute approximate surface area is 185 Å². The molecule has 4 nitrogen and oxygen atoms in total. The molecule has 2 aromatic carbocycles. The third-order valence-electron chi connectivity index (χ3n) is 5.03. The van der Waals surface area contributed by atoms with Gasteiger partial charge in [0.1, 0.15) is 6.04 Å². The van der Waals surface area contributed by atoms with Crippen LogP contribution in [0.3, 0.4) is 0 Å². The average molecular weight is 429 g/mol. The van der Waals surface area contributed by atoms with Crippen LogP contribution in [-0.2, 0) is 22.6 Å². The van der Waals surface area contributed by atoms with Crippen molar-refractivity contribution in [2.45, 2.75) is 72.5 Å². The van der Waals surface area contributed by atoms with Crippen LogP contribution in [0.2, 0.25) is 5.02 Å². The lowest BCUT2D eigenvalue weighted by atomic mass is 10.0. The quantitative estimate of drug-likeness (QED) is 0.657. The first-order valence-corrected chi connectivity index (χ1v) is 10.8. The van der Waals surface area contributed by atoms with Gasteiger partial charge in [-0.1, -0.05) is 60.5 Å². The predicted molar refractivity (Wildman–Crippen MR) is 124 cm³/mol. The van der Waals surface area contributed by atoms with E-state index in [1.165, 1.54) is 0 Å². The Bertz CT molecular complexity index is 902. The number of amides is 2. The van der Waals surface area contributed by atoms with Crippen LogP contribution in [-0.4, -0.2) is 28.3 Å². The van der Waals surface area contributed by atoms with E-state index in [1.807, 2.05) is 77.9 Å². The van der Waals surface area contributed by atoms with Gasteiger partial charge in [-0.25, -0.2) is 0 Å². The Morgan fingerprint density at radius 2 is 1.73 bits per heavy atom. The first kappa shape index (κ1) is 23.9. The fourth-order valence-corrected chi connectivity index (χ4v) is 3.63. The number of benzene rings is 2. The normalized spacial score (nSPS) is 12.4. The van der Waals surface area contributed by atoms with E-state index in [4.69, 9.17) is 11.6 Å². The molecule has 162 valence electrons. The number of aryl methyl sites for hydroxylation is 2. The molecular formula is C25H33ClN2O2. The van der Waals surface area contributed by atoms with E-state index in [0.717, 1.165) is 22.3 Å². The summed E-state index contributed by atoms with van der Waals surface area (Å²) in [7, 11) is 0. The topological polar surface area (TPSA) is 49.4 Å². The summed E-state index contributed by atoms with van der Waals surface area (Å²) in [4.78, 5) is 28.2. The first-order chi connectivity index (χ1) is 14.0. The van der Waals surface area contributed by atoms with Crippen LogP contribution in [0.4, 0.5) is 0 Å². The molecule has 0 aliphatic carbocycles. The van der Waals surface area contributed by atoms with Crippen LogP contribution in [0.25, 0.3) is 0 Å². The summed E-state index contributed by atoms with van der Waals surface area (Å²) in [5, 5.41) is 3.62. The highest BCUT2D eigenvalue weighted by molar-refractivity contribution is 6.31. The summed E-state index contributed by atoms with van der Waals surface area (Å²) in [6.45, 7) is 12.1. The van der Waals surface area contributed by atoms with E-state index in [1.54, 1.807) is 11.0 Å². The maximum Gasteiger partial charge on any atom is 0.243 e. The SMILES string of the molecule is CC[C@@H](C(=O)NC(C)(C)C)N(Cc1ccccc1Cl)C(=O)Cc1cc(C)ccc1C. The van der Waals surface area contributed by atoms with E-state index in [-0.39, 0.29) is 23.8 Å². The molecule has 0 saturated carbocycles. The molecule has 0 aromatic heterocycles. The lowest BCUT2D eigenvalue weighted by molar-refractivity contribution is -0.141. The molecule has 1 atom stereocenters. The van der Waals surface area contributed by atoms with Gasteiger partial charge in [0.25, 0.3) is 0 Å². The molecule has 0 heterocycles. The maximum atomic E-state index is 13.5. The van der Waals surface area contributed by atoms with Gasteiger partial charge in [-0.3, -0.25) is 9.59 Å². The fourth-order valence-electron chi connectivity index (χ4n) is 3.44. The molecular weight excluding hydrogens is 396 g/mol. The van der Waals surface area contributed by atoms with E-state index < -0.39 is 6.04 Å². The van der Waals surface area contributed by atoms with Crippen molar-refractivity contribution in [3.63, 3.8) is 0 Å². The lowest BCUT2D eigenvalue weighted by Crippen LogP contribution is -2.53. The van der Waals surface area contributed by atoms with Gasteiger partial charge in [0.05, 0.1) is 6.42 Å². The minimum absolute atomic E-state index is 0.0838. The molecule has 0 saturated heterocycles. The highest BCUT2D eigenvalue weighted by Crippen LogP contribution is 2.22. The van der Waals surface area contributed by atoms with Crippen molar-refractivity contribution in [2.24, 2.45) is 0 Å². The molecule has 0 fully saturated rings. The molecule has 5 heteroatoms. The molecule has 0 spiro atoms. The lowest BCUT2D eigenvalue weighted by Gasteiger charge is -2.33. The van der Waals surface area contributed by atoms with Gasteiger partial charge >= 0.3 is 0 Å². The van der Waals surface area contributed by atoms with Crippen LogP contribution in [0.5, 0.6) is 0 Å². The summed E-state index contributed by atoms with van der Waals surface area (Å²) in [6, 6.07) is 13.0. The molecule has 2 aromatic rings. The second kappa shape index (κ2) is 10.1. The van der Waals surface area contributed by atoms with Crippen LogP contribution in [0.15, 0.2) is 42.5 Å². The molecule has 30 heavy (non-hydrogen) atoms. The summed E-state index contributed by atoms with van der Waals surface area (Å²) >= 11 is 6.37. The van der Waals surface area contributed by atoms with Crippen LogP contribution >= 0.6 is 11.6 Å². The third-order valence-corrected chi connectivity index (χ3v) is 5.40. The van der Waals surface area contributed by atoms with Crippen LogP contribution < -0.4 is 5.32 Å². The minimum atomic E-state index is -0.571. The molecule has 0 unspecified atom stereocenters. The summed E-state index contributed by atoms with van der Waals surface area (Å²) < 4.78 is 0. The van der Waals surface area contributed by atoms with Crippen LogP contribution in [0.1, 0.15) is 56.4 Å². The van der Waals surface area contributed by atoms with Gasteiger partial charge in [0, 0.05) is 17.1 Å². The average Bonchev–Trinajstić information content (AvgIpc) is 2.64. The Morgan fingerprint density at radius 1 is 1.07 bits per heavy atom. The number of hydrogen-bond acceptors (Lipinski definition) is 2. The Morgan fingerprint density at radius 3 is 2.33 bits per heavy atom. The largest absolute Gasteiger partial charge is 0.350 e. The number of halogens is 1. The Balaban J connectivity index is 2.38. The Kier molecular flexibility index (Phi) is 8.08. The van der Waals surface area contributed by atoms with Crippen molar-refractivity contribution in [1.29, 1.82) is 0 Å². The third kappa shape index (κ3) is 6.60. The summed E-state index contributed by atoms with van der Waals surface area (Å²) in [5.74, 6) is -0.231. The summed E-state index contributed by atoms with van der Waals surface area (Å²) in [5.41, 5.74) is 3.61. The van der Waals surface area contributed by atoms with Crippen molar-refractivity contribution >= 4 is 23.4 Å². The number of carbonyl (C=O) groups excluding carboxylic acids is 2. The second-order valence-electron chi connectivity index (χ2n) is 8.88. The molecule has 0 bridgehead atoms. The second-order valence-corrected chi connectivity index (χ2v) is 9.29. The first-order valence-electron chi connectivity index (χ1n) is 10.4. The Hall–Kier alpha value is -2.33. The molecule has 2 amide bonds. The van der Waals surface area contributed by atoms with Gasteiger partial charge in [-0.05, 0) is 63.8 Å². The van der Waals surface area contributed by atoms with Gasteiger partial charge in [-0.15, -0.1) is 0 Å². The molecule has 0 radical (unpaired) electrons. The highest BCUT2D eigenvalue weighted by atomic mass is 35.5. The minimum Gasteiger partial charge on any atom is -0.350 e. The summed E-state index contributed by atoms with van der Waals surface area (Å²) in [6.07, 6.45) is 0.766. The van der Waals surface area contributed by atoms with Crippen molar-refractivity contribution in [1.82, 2.24) is 10.2 Å². The standard InChI is InChI=1S/C25H33ClN2O2/c1-7-22(24(30)27-25(4,5)6)28(16-19-10-8-9-11-21(19)26)23(29)15-20-14-17(2)12-13-18(20)3/h8-14,22H,7,15-16H2,1-6H3,(H,27,30)/t22-/m0/s1. The van der Waals surface area contributed by atoms with Crippen molar-refractivity contribution in [3.8, 4) is 0 Å². The molecule has 1 N–H and O–H groups in total. The highest BCUT2D eigenvalue weighted by Gasteiger charge is 2.31. The zero-order valence-electron chi connectivity index (χ0n) is 18.9. The fraction of sp³-hybridized carbons (Fsp3) is 0.440. The van der Waals surface area contributed by atoms with Gasteiger partial charge in [0.15, 0.2) is 0 Å². The van der Waals surface area contributed by atoms with E-state index in [0.29, 0.717) is 18.0 Å². The zero-order chi connectivity index (χ0) is 22.5. The van der Waals surface area contributed by atoms with Crippen LogP contribution in [0, 0.1) is 13.8 Å². The number of nitrogens with one attached hydrogen (secondary N) is 1. The number of hydrogen-bond donors (Lipinski definition) is 1. The monoisotopic (exact) mass is 428 g/mol. The smallest absolute Gasteiger partial charge is 0.243 e. The molecule has 2 rings (SSSR count). The number of carbonyl (C=O) groups is 2. The zero-order valence-corrected chi connectivity index (χ0v) is 19.6.